The first kappa shape index (κ1) is 13.4. The van der Waals surface area contributed by atoms with E-state index in [-0.39, 0.29) is 6.04 Å². The first-order chi connectivity index (χ1) is 9.24. The van der Waals surface area contributed by atoms with Gasteiger partial charge in [0.15, 0.2) is 0 Å². The molecule has 1 unspecified atom stereocenters. The van der Waals surface area contributed by atoms with E-state index in [0.717, 1.165) is 22.6 Å². The molecule has 2 rings (SSSR count). The van der Waals surface area contributed by atoms with E-state index in [4.69, 9.17) is 10.5 Å². The van der Waals surface area contributed by atoms with E-state index in [1.807, 2.05) is 56.4 Å². The van der Waals surface area contributed by atoms with Crippen molar-refractivity contribution in [1.29, 1.82) is 0 Å². The zero-order valence-electron chi connectivity index (χ0n) is 11.4. The van der Waals surface area contributed by atoms with Crippen molar-refractivity contribution in [1.82, 2.24) is 0 Å². The second-order valence-corrected chi connectivity index (χ2v) is 4.36. The molecule has 2 aromatic carbocycles. The van der Waals surface area contributed by atoms with Gasteiger partial charge in [-0.05, 0) is 42.3 Å². The van der Waals surface area contributed by atoms with Crippen molar-refractivity contribution in [3.63, 3.8) is 0 Å². The Morgan fingerprint density at radius 1 is 1.11 bits per heavy atom. The van der Waals surface area contributed by atoms with Gasteiger partial charge in [0.05, 0.1) is 12.6 Å². The molecule has 0 aromatic heterocycles. The number of ether oxygens (including phenoxy) is 1. The largest absolute Gasteiger partial charge is 0.494 e. The quantitative estimate of drug-likeness (QED) is 0.863. The van der Waals surface area contributed by atoms with Gasteiger partial charge in [0.25, 0.3) is 0 Å². The highest BCUT2D eigenvalue weighted by Crippen LogP contribution is 2.23. The summed E-state index contributed by atoms with van der Waals surface area (Å²) in [5.41, 5.74) is 9.54. The molecule has 0 fully saturated rings. The number of benzene rings is 2. The highest BCUT2D eigenvalue weighted by molar-refractivity contribution is 5.47. The summed E-state index contributed by atoms with van der Waals surface area (Å²) >= 11 is 0. The Balaban J connectivity index is 2.20. The van der Waals surface area contributed by atoms with Crippen molar-refractivity contribution < 1.29 is 4.74 Å². The maximum Gasteiger partial charge on any atom is 0.119 e. The minimum atomic E-state index is -0.121. The second kappa shape index (κ2) is 6.25. The van der Waals surface area contributed by atoms with E-state index in [1.54, 1.807) is 0 Å². The average molecular weight is 256 g/mol. The first-order valence-corrected chi connectivity index (χ1v) is 6.50. The molecular weight excluding hydrogens is 236 g/mol. The molecule has 3 heteroatoms. The summed E-state index contributed by atoms with van der Waals surface area (Å²) in [5, 5.41) is 3.12. The SMILES string of the molecule is CCOc1ccc(C(N)c2cccc(NC)c2)cc1. The fourth-order valence-electron chi connectivity index (χ4n) is 2.02. The summed E-state index contributed by atoms with van der Waals surface area (Å²) in [4.78, 5) is 0. The fraction of sp³-hybridized carbons (Fsp3) is 0.250. The van der Waals surface area contributed by atoms with E-state index in [1.165, 1.54) is 0 Å². The fourth-order valence-corrected chi connectivity index (χ4v) is 2.02. The number of anilines is 1. The molecule has 0 aliphatic heterocycles. The van der Waals surface area contributed by atoms with Gasteiger partial charge in [0.1, 0.15) is 5.75 Å². The summed E-state index contributed by atoms with van der Waals surface area (Å²) in [6.07, 6.45) is 0. The van der Waals surface area contributed by atoms with Crippen LogP contribution in [0.1, 0.15) is 24.1 Å². The second-order valence-electron chi connectivity index (χ2n) is 4.36. The normalized spacial score (nSPS) is 11.9. The Bertz CT molecular complexity index is 523. The van der Waals surface area contributed by atoms with Gasteiger partial charge >= 0.3 is 0 Å². The van der Waals surface area contributed by atoms with E-state index >= 15 is 0 Å². The molecule has 0 heterocycles. The molecule has 0 spiro atoms. The van der Waals surface area contributed by atoms with Crippen LogP contribution in [0.4, 0.5) is 5.69 Å². The zero-order valence-corrected chi connectivity index (χ0v) is 11.4. The maximum absolute atomic E-state index is 6.30. The van der Waals surface area contributed by atoms with Crippen molar-refractivity contribution in [3.05, 3.63) is 59.7 Å². The molecule has 3 nitrogen and oxygen atoms in total. The molecule has 3 N–H and O–H groups in total. The van der Waals surface area contributed by atoms with Crippen LogP contribution < -0.4 is 15.8 Å². The number of hydrogen-bond donors (Lipinski definition) is 2. The topological polar surface area (TPSA) is 47.3 Å². The zero-order chi connectivity index (χ0) is 13.7. The first-order valence-electron chi connectivity index (χ1n) is 6.50. The molecule has 0 saturated carbocycles. The predicted octanol–water partition coefficient (Wildman–Crippen LogP) is 3.18. The molecular formula is C16H20N2O. The summed E-state index contributed by atoms with van der Waals surface area (Å²) in [6.45, 7) is 2.65. The Morgan fingerprint density at radius 3 is 2.47 bits per heavy atom. The van der Waals surface area contributed by atoms with Crippen LogP contribution in [0.15, 0.2) is 48.5 Å². The lowest BCUT2D eigenvalue weighted by Crippen LogP contribution is -2.12. The third kappa shape index (κ3) is 3.26. The minimum absolute atomic E-state index is 0.121. The van der Waals surface area contributed by atoms with Crippen LogP contribution in [0.5, 0.6) is 5.75 Å². The number of hydrogen-bond acceptors (Lipinski definition) is 3. The highest BCUT2D eigenvalue weighted by atomic mass is 16.5. The lowest BCUT2D eigenvalue weighted by molar-refractivity contribution is 0.340. The molecule has 0 amide bonds. The standard InChI is InChI=1S/C16H20N2O/c1-3-19-15-9-7-12(8-10-15)16(17)13-5-4-6-14(11-13)18-2/h4-11,16,18H,3,17H2,1-2H3. The number of nitrogens with one attached hydrogen (secondary N) is 1. The molecule has 0 aliphatic rings. The summed E-state index contributed by atoms with van der Waals surface area (Å²) in [6, 6.07) is 16.0. The molecule has 100 valence electrons. The minimum Gasteiger partial charge on any atom is -0.494 e. The van der Waals surface area contributed by atoms with Crippen LogP contribution in [0.25, 0.3) is 0 Å². The maximum atomic E-state index is 6.30. The molecule has 0 bridgehead atoms. The van der Waals surface area contributed by atoms with Crippen molar-refractivity contribution in [2.75, 3.05) is 19.0 Å². The van der Waals surface area contributed by atoms with Gasteiger partial charge in [-0.15, -0.1) is 0 Å². The highest BCUT2D eigenvalue weighted by Gasteiger charge is 2.09. The van der Waals surface area contributed by atoms with Crippen LogP contribution in [0.2, 0.25) is 0 Å². The van der Waals surface area contributed by atoms with Crippen LogP contribution in [0, 0.1) is 0 Å². The Morgan fingerprint density at radius 2 is 1.84 bits per heavy atom. The van der Waals surface area contributed by atoms with Gasteiger partial charge in [-0.2, -0.15) is 0 Å². The molecule has 2 aromatic rings. The third-order valence-corrected chi connectivity index (χ3v) is 3.08. The van der Waals surface area contributed by atoms with E-state index < -0.39 is 0 Å². The Hall–Kier alpha value is -2.00. The summed E-state index contributed by atoms with van der Waals surface area (Å²) < 4.78 is 5.43. The van der Waals surface area contributed by atoms with Crippen molar-refractivity contribution >= 4 is 5.69 Å². The van der Waals surface area contributed by atoms with Crippen LogP contribution in [0.3, 0.4) is 0 Å². The van der Waals surface area contributed by atoms with Gasteiger partial charge in [0.2, 0.25) is 0 Å². The lowest BCUT2D eigenvalue weighted by Gasteiger charge is -2.14. The average Bonchev–Trinajstić information content (AvgIpc) is 2.48. The molecule has 19 heavy (non-hydrogen) atoms. The van der Waals surface area contributed by atoms with Crippen molar-refractivity contribution in [2.45, 2.75) is 13.0 Å². The van der Waals surface area contributed by atoms with Gasteiger partial charge in [-0.3, -0.25) is 0 Å². The smallest absolute Gasteiger partial charge is 0.119 e. The molecule has 0 radical (unpaired) electrons. The van der Waals surface area contributed by atoms with Gasteiger partial charge in [-0.1, -0.05) is 24.3 Å². The van der Waals surface area contributed by atoms with Crippen molar-refractivity contribution in [2.24, 2.45) is 5.73 Å². The Kier molecular flexibility index (Phi) is 4.42. The molecule has 0 saturated heterocycles. The summed E-state index contributed by atoms with van der Waals surface area (Å²) in [5.74, 6) is 0.877. The number of nitrogens with two attached hydrogens (primary N) is 1. The van der Waals surface area contributed by atoms with E-state index in [9.17, 15) is 0 Å². The van der Waals surface area contributed by atoms with Crippen LogP contribution in [-0.4, -0.2) is 13.7 Å². The molecule has 0 aliphatic carbocycles. The number of rotatable bonds is 5. The van der Waals surface area contributed by atoms with E-state index in [0.29, 0.717) is 6.61 Å². The third-order valence-electron chi connectivity index (χ3n) is 3.08. The van der Waals surface area contributed by atoms with Gasteiger partial charge < -0.3 is 15.8 Å². The summed E-state index contributed by atoms with van der Waals surface area (Å²) in [7, 11) is 1.90. The predicted molar refractivity (Wildman–Crippen MR) is 79.6 cm³/mol. The van der Waals surface area contributed by atoms with E-state index in [2.05, 4.69) is 11.4 Å². The van der Waals surface area contributed by atoms with Crippen LogP contribution in [-0.2, 0) is 0 Å². The van der Waals surface area contributed by atoms with Gasteiger partial charge in [0, 0.05) is 12.7 Å². The molecule has 1 atom stereocenters. The Labute approximate surface area is 114 Å². The van der Waals surface area contributed by atoms with Gasteiger partial charge in [-0.25, -0.2) is 0 Å². The monoisotopic (exact) mass is 256 g/mol. The lowest BCUT2D eigenvalue weighted by atomic mass is 9.99. The van der Waals surface area contributed by atoms with Crippen molar-refractivity contribution in [3.8, 4) is 5.75 Å². The van der Waals surface area contributed by atoms with Crippen LogP contribution >= 0.6 is 0 Å².